The van der Waals surface area contributed by atoms with E-state index in [0.29, 0.717) is 42.6 Å². The van der Waals surface area contributed by atoms with Gasteiger partial charge in [-0.05, 0) is 42.8 Å². The number of aryl methyl sites for hydroxylation is 1. The Kier molecular flexibility index (Phi) is 5.44. The van der Waals surface area contributed by atoms with Crippen LogP contribution < -0.4 is 10.9 Å². The third-order valence-electron chi connectivity index (χ3n) is 6.17. The van der Waals surface area contributed by atoms with Crippen molar-refractivity contribution in [1.82, 2.24) is 9.55 Å². The highest BCUT2D eigenvalue weighted by Gasteiger charge is 2.16. The SMILES string of the molecule is CCCCCCn1c2cc3c(=O)c4cccc(Cl)c4[nH]c3cc2c(=O)c2cccc(Cl)c21. The first-order chi connectivity index (χ1) is 15.5. The van der Waals surface area contributed by atoms with Crippen molar-refractivity contribution >= 4 is 66.8 Å². The van der Waals surface area contributed by atoms with E-state index in [1.807, 2.05) is 12.1 Å². The highest BCUT2D eigenvalue weighted by Crippen LogP contribution is 2.29. The highest BCUT2D eigenvalue weighted by molar-refractivity contribution is 6.35. The minimum atomic E-state index is -0.109. The van der Waals surface area contributed by atoms with Crippen LogP contribution >= 0.6 is 23.2 Å². The lowest BCUT2D eigenvalue weighted by Gasteiger charge is -2.17. The van der Waals surface area contributed by atoms with E-state index in [1.165, 1.54) is 0 Å². The van der Waals surface area contributed by atoms with Crippen molar-refractivity contribution in [2.45, 2.75) is 39.2 Å². The number of hydrogen-bond acceptors (Lipinski definition) is 2. The van der Waals surface area contributed by atoms with Gasteiger partial charge in [0, 0.05) is 28.1 Å². The van der Waals surface area contributed by atoms with Crippen LogP contribution in [-0.2, 0) is 6.54 Å². The monoisotopic (exact) mass is 464 g/mol. The van der Waals surface area contributed by atoms with Gasteiger partial charge in [0.05, 0.1) is 32.1 Å². The lowest BCUT2D eigenvalue weighted by Crippen LogP contribution is -2.14. The third kappa shape index (κ3) is 3.30. The molecule has 2 aromatic heterocycles. The number of unbranched alkanes of at least 4 members (excludes halogenated alkanes) is 3. The van der Waals surface area contributed by atoms with E-state index < -0.39 is 0 Å². The molecule has 0 radical (unpaired) electrons. The van der Waals surface area contributed by atoms with Gasteiger partial charge in [-0.3, -0.25) is 9.59 Å². The van der Waals surface area contributed by atoms with Crippen LogP contribution in [0.5, 0.6) is 0 Å². The Morgan fingerprint density at radius 1 is 0.812 bits per heavy atom. The lowest BCUT2D eigenvalue weighted by molar-refractivity contribution is 0.601. The van der Waals surface area contributed by atoms with Crippen molar-refractivity contribution in [3.05, 3.63) is 79.0 Å². The van der Waals surface area contributed by atoms with Gasteiger partial charge < -0.3 is 9.55 Å². The predicted octanol–water partition coefficient (Wildman–Crippen LogP) is 7.04. The quantitative estimate of drug-likeness (QED) is 0.224. The van der Waals surface area contributed by atoms with Gasteiger partial charge in [0.25, 0.3) is 0 Å². The van der Waals surface area contributed by atoms with Crippen LogP contribution in [0, 0.1) is 0 Å². The second-order valence-electron chi connectivity index (χ2n) is 8.21. The van der Waals surface area contributed by atoms with Crippen molar-refractivity contribution in [3.8, 4) is 0 Å². The summed E-state index contributed by atoms with van der Waals surface area (Å²) in [5.74, 6) is 0. The second-order valence-corrected chi connectivity index (χ2v) is 9.02. The number of rotatable bonds is 5. The van der Waals surface area contributed by atoms with E-state index in [4.69, 9.17) is 23.2 Å². The minimum absolute atomic E-state index is 0.0932. The largest absolute Gasteiger partial charge is 0.353 e. The molecule has 1 N–H and O–H groups in total. The molecule has 162 valence electrons. The number of aromatic amines is 1. The molecular weight excluding hydrogens is 443 g/mol. The van der Waals surface area contributed by atoms with Crippen LogP contribution in [0.4, 0.5) is 0 Å². The summed E-state index contributed by atoms with van der Waals surface area (Å²) < 4.78 is 2.10. The van der Waals surface area contributed by atoms with Gasteiger partial charge in [-0.25, -0.2) is 0 Å². The number of para-hydroxylation sites is 2. The molecule has 5 aromatic rings. The zero-order valence-electron chi connectivity index (χ0n) is 17.7. The number of fused-ring (bicyclic) bond motifs is 4. The summed E-state index contributed by atoms with van der Waals surface area (Å²) in [6.07, 6.45) is 4.35. The Hall–Kier alpha value is -2.82. The maximum Gasteiger partial charge on any atom is 0.197 e. The van der Waals surface area contributed by atoms with E-state index in [9.17, 15) is 9.59 Å². The number of hydrogen-bond donors (Lipinski definition) is 1. The molecule has 0 unspecified atom stereocenters. The topological polar surface area (TPSA) is 54.9 Å². The molecule has 3 aromatic carbocycles. The summed E-state index contributed by atoms with van der Waals surface area (Å²) in [5.41, 5.74) is 2.43. The molecule has 6 heteroatoms. The minimum Gasteiger partial charge on any atom is -0.353 e. The Labute approximate surface area is 194 Å². The van der Waals surface area contributed by atoms with Crippen molar-refractivity contribution in [2.24, 2.45) is 0 Å². The molecule has 2 heterocycles. The van der Waals surface area contributed by atoms with Gasteiger partial charge in [-0.15, -0.1) is 0 Å². The number of benzene rings is 3. The molecule has 0 bridgehead atoms. The number of H-pyrrole nitrogens is 1. The van der Waals surface area contributed by atoms with Crippen LogP contribution in [-0.4, -0.2) is 9.55 Å². The Bertz CT molecular complexity index is 1630. The summed E-state index contributed by atoms with van der Waals surface area (Å²) in [5, 5.41) is 3.21. The van der Waals surface area contributed by atoms with E-state index in [-0.39, 0.29) is 10.9 Å². The maximum absolute atomic E-state index is 13.4. The van der Waals surface area contributed by atoms with Gasteiger partial charge in [0.2, 0.25) is 0 Å². The summed E-state index contributed by atoms with van der Waals surface area (Å²) >= 11 is 12.9. The smallest absolute Gasteiger partial charge is 0.197 e. The number of halogens is 2. The Morgan fingerprint density at radius 2 is 1.53 bits per heavy atom. The molecule has 0 aliphatic rings. The fourth-order valence-electron chi connectivity index (χ4n) is 4.57. The molecule has 0 aliphatic carbocycles. The molecular formula is C26H22Cl2N2O2. The molecule has 32 heavy (non-hydrogen) atoms. The average Bonchev–Trinajstić information content (AvgIpc) is 2.79. The van der Waals surface area contributed by atoms with Crippen LogP contribution in [0.25, 0.3) is 43.6 Å². The third-order valence-corrected chi connectivity index (χ3v) is 6.79. The molecule has 0 spiro atoms. The predicted molar refractivity (Wildman–Crippen MR) is 136 cm³/mol. The van der Waals surface area contributed by atoms with E-state index >= 15 is 0 Å². The number of nitrogens with zero attached hydrogens (tertiary/aromatic N) is 1. The zero-order chi connectivity index (χ0) is 22.4. The molecule has 0 saturated heterocycles. The van der Waals surface area contributed by atoms with Crippen molar-refractivity contribution < 1.29 is 0 Å². The van der Waals surface area contributed by atoms with Crippen LogP contribution in [0.15, 0.2) is 58.1 Å². The van der Waals surface area contributed by atoms with E-state index in [0.717, 1.165) is 43.3 Å². The lowest BCUT2D eigenvalue weighted by atomic mass is 10.0. The summed E-state index contributed by atoms with van der Waals surface area (Å²) in [6, 6.07) is 14.3. The molecule has 4 nitrogen and oxygen atoms in total. The highest BCUT2D eigenvalue weighted by atomic mass is 35.5. The number of pyridine rings is 2. The molecule has 0 aliphatic heterocycles. The van der Waals surface area contributed by atoms with Crippen LogP contribution in [0.2, 0.25) is 10.0 Å². The summed E-state index contributed by atoms with van der Waals surface area (Å²) in [4.78, 5) is 30.0. The average molecular weight is 465 g/mol. The van der Waals surface area contributed by atoms with Crippen molar-refractivity contribution in [2.75, 3.05) is 0 Å². The summed E-state index contributed by atoms with van der Waals surface area (Å²) in [7, 11) is 0. The molecule has 0 amide bonds. The van der Waals surface area contributed by atoms with E-state index in [1.54, 1.807) is 36.4 Å². The van der Waals surface area contributed by atoms with Gasteiger partial charge in [-0.1, -0.05) is 61.5 Å². The van der Waals surface area contributed by atoms with E-state index in [2.05, 4.69) is 16.5 Å². The van der Waals surface area contributed by atoms with Crippen molar-refractivity contribution in [1.29, 1.82) is 0 Å². The Morgan fingerprint density at radius 3 is 2.31 bits per heavy atom. The van der Waals surface area contributed by atoms with Crippen LogP contribution in [0.3, 0.4) is 0 Å². The first kappa shape index (κ1) is 21.0. The number of nitrogens with one attached hydrogen (secondary N) is 1. The normalized spacial score (nSPS) is 11.8. The van der Waals surface area contributed by atoms with Crippen LogP contribution in [0.1, 0.15) is 32.6 Å². The molecule has 0 saturated carbocycles. The Balaban J connectivity index is 1.91. The van der Waals surface area contributed by atoms with Gasteiger partial charge >= 0.3 is 0 Å². The fraction of sp³-hybridized carbons (Fsp3) is 0.231. The second kappa shape index (κ2) is 8.27. The fourth-order valence-corrected chi connectivity index (χ4v) is 5.07. The standard InChI is InChI=1S/C26H22Cl2N2O2/c1-2-3-4-5-12-30-22-14-17-21(29-23-15(25(17)31)8-6-10-19(23)27)13-18(22)26(32)16-9-7-11-20(28)24(16)30/h6-11,13-14H,2-5,12H2,1H3,(H,29,31). The number of aromatic nitrogens is 2. The molecule has 0 atom stereocenters. The first-order valence-electron chi connectivity index (χ1n) is 10.9. The summed E-state index contributed by atoms with van der Waals surface area (Å²) in [6.45, 7) is 2.90. The van der Waals surface area contributed by atoms with Gasteiger partial charge in [0.15, 0.2) is 10.9 Å². The zero-order valence-corrected chi connectivity index (χ0v) is 19.2. The first-order valence-corrected chi connectivity index (χ1v) is 11.7. The van der Waals surface area contributed by atoms with Gasteiger partial charge in [-0.2, -0.15) is 0 Å². The maximum atomic E-state index is 13.4. The molecule has 0 fully saturated rings. The van der Waals surface area contributed by atoms with Gasteiger partial charge in [0.1, 0.15) is 0 Å². The van der Waals surface area contributed by atoms with Crippen molar-refractivity contribution in [3.63, 3.8) is 0 Å². The molecule has 5 rings (SSSR count).